The molecule has 0 N–H and O–H groups in total. The molecule has 3 radical (unpaired) electrons. The number of hydrogen-bond donors (Lipinski definition) is 0. The molecule has 0 bridgehead atoms. The van der Waals surface area contributed by atoms with Gasteiger partial charge in [-0.05, 0) is 0 Å². The van der Waals surface area contributed by atoms with Gasteiger partial charge in [-0.2, -0.15) is 0 Å². The summed E-state index contributed by atoms with van der Waals surface area (Å²) in [5, 5.41) is 1.37. The van der Waals surface area contributed by atoms with Crippen LogP contribution in [0.4, 0.5) is 0 Å². The van der Waals surface area contributed by atoms with Gasteiger partial charge in [-0.1, -0.05) is 0 Å². The zero-order valence-corrected chi connectivity index (χ0v) is 12.2. The van der Waals surface area contributed by atoms with Crippen molar-refractivity contribution in [1.29, 1.82) is 0 Å². The van der Waals surface area contributed by atoms with E-state index >= 15 is 0 Å². The second-order valence-electron chi connectivity index (χ2n) is 2.52. The van der Waals surface area contributed by atoms with E-state index in [9.17, 15) is 0 Å². The topological polar surface area (TPSA) is 0 Å². The molecule has 0 saturated carbocycles. The molecule has 0 aliphatic rings. The van der Waals surface area contributed by atoms with Crippen molar-refractivity contribution in [2.75, 3.05) is 0 Å². The van der Waals surface area contributed by atoms with Crippen molar-refractivity contribution in [1.82, 2.24) is 0 Å². The zero-order valence-electron chi connectivity index (χ0n) is 7.67. The summed E-state index contributed by atoms with van der Waals surface area (Å²) in [7, 11) is 0. The fourth-order valence-electron chi connectivity index (χ4n) is 0.905. The van der Waals surface area contributed by atoms with Crippen molar-refractivity contribution >= 4 is 53.7 Å². The molecule has 0 spiro atoms. The Morgan fingerprint density at radius 1 is 0.750 bits per heavy atom. The SMILES string of the molecule is CCCCCCC[CH2][Ge].Cl.Cl.Cl. The van der Waals surface area contributed by atoms with E-state index < -0.39 is 0 Å². The summed E-state index contributed by atoms with van der Waals surface area (Å²) in [5.74, 6) is 0. The predicted octanol–water partition coefficient (Wildman–Crippen LogP) is 4.20. The molecule has 0 fully saturated rings. The Kier molecular flexibility index (Phi) is 44.4. The van der Waals surface area contributed by atoms with Gasteiger partial charge in [-0.3, -0.25) is 0 Å². The van der Waals surface area contributed by atoms with Crippen LogP contribution in [0, 0.1) is 0 Å². The van der Waals surface area contributed by atoms with Gasteiger partial charge in [0.15, 0.2) is 0 Å². The average molecular weight is 295 g/mol. The van der Waals surface area contributed by atoms with Crippen LogP contribution in [-0.2, 0) is 0 Å². The molecular weight excluding hydrogens is 275 g/mol. The average Bonchev–Trinajstić information content (AvgIpc) is 1.89. The van der Waals surface area contributed by atoms with Crippen molar-refractivity contribution in [3.63, 3.8) is 0 Å². The summed E-state index contributed by atoms with van der Waals surface area (Å²) in [6.45, 7) is 2.26. The van der Waals surface area contributed by atoms with E-state index in [0.29, 0.717) is 0 Å². The molecule has 77 valence electrons. The van der Waals surface area contributed by atoms with Crippen molar-refractivity contribution in [2.24, 2.45) is 0 Å². The van der Waals surface area contributed by atoms with Crippen LogP contribution < -0.4 is 0 Å². The maximum absolute atomic E-state index is 2.26. The van der Waals surface area contributed by atoms with Crippen molar-refractivity contribution in [3.05, 3.63) is 0 Å². The fraction of sp³-hybridized carbons (Fsp3) is 1.00. The van der Waals surface area contributed by atoms with E-state index in [4.69, 9.17) is 0 Å². The minimum absolute atomic E-state index is 0. The first-order valence-corrected chi connectivity index (χ1v) is 5.54. The molecule has 0 aliphatic carbocycles. The quantitative estimate of drug-likeness (QED) is 0.509. The molecule has 0 aliphatic heterocycles. The molecule has 0 aromatic carbocycles. The molecule has 0 aromatic rings. The Morgan fingerprint density at radius 2 is 1.17 bits per heavy atom. The van der Waals surface area contributed by atoms with Gasteiger partial charge < -0.3 is 0 Å². The monoisotopic (exact) mass is 295 g/mol. The molecule has 0 heterocycles. The third-order valence-electron chi connectivity index (χ3n) is 1.53. The van der Waals surface area contributed by atoms with Gasteiger partial charge in [-0.15, -0.1) is 37.2 Å². The molecule has 4 heteroatoms. The van der Waals surface area contributed by atoms with E-state index in [-0.39, 0.29) is 37.2 Å². The first kappa shape index (κ1) is 23.3. The Labute approximate surface area is 104 Å². The van der Waals surface area contributed by atoms with Crippen LogP contribution in [0.2, 0.25) is 5.25 Å². The predicted molar refractivity (Wildman–Crippen MR) is 65.7 cm³/mol. The summed E-state index contributed by atoms with van der Waals surface area (Å²) in [6.07, 6.45) is 8.61. The van der Waals surface area contributed by atoms with Gasteiger partial charge in [0.2, 0.25) is 0 Å². The van der Waals surface area contributed by atoms with Crippen LogP contribution in [0.1, 0.15) is 45.4 Å². The first-order valence-electron chi connectivity index (χ1n) is 4.06. The van der Waals surface area contributed by atoms with E-state index in [1.54, 1.807) is 0 Å². The molecule has 0 unspecified atom stereocenters. The van der Waals surface area contributed by atoms with Gasteiger partial charge in [0.25, 0.3) is 0 Å². The van der Waals surface area contributed by atoms with Crippen LogP contribution in [0.25, 0.3) is 0 Å². The minimum atomic E-state index is 0. The van der Waals surface area contributed by atoms with Crippen LogP contribution in [-0.4, -0.2) is 16.5 Å². The summed E-state index contributed by atoms with van der Waals surface area (Å²) in [5.41, 5.74) is 0. The molecule has 0 nitrogen and oxygen atoms in total. The minimum Gasteiger partial charge on any atom is -0.147 e. The second kappa shape index (κ2) is 22.8. The summed E-state index contributed by atoms with van der Waals surface area (Å²) >= 11 is 2.26. The van der Waals surface area contributed by atoms with E-state index in [1.807, 2.05) is 0 Å². The van der Waals surface area contributed by atoms with Gasteiger partial charge in [-0.25, -0.2) is 0 Å². The Morgan fingerprint density at radius 3 is 1.58 bits per heavy atom. The Hall–Kier alpha value is 1.41. The van der Waals surface area contributed by atoms with E-state index in [2.05, 4.69) is 23.4 Å². The number of rotatable bonds is 6. The van der Waals surface area contributed by atoms with Gasteiger partial charge in [0.05, 0.1) is 0 Å². The van der Waals surface area contributed by atoms with Crippen LogP contribution in [0.3, 0.4) is 0 Å². The van der Waals surface area contributed by atoms with Gasteiger partial charge in [0, 0.05) is 0 Å². The molecule has 12 heavy (non-hydrogen) atoms. The normalized spacial score (nSPS) is 7.50. The third kappa shape index (κ3) is 22.5. The van der Waals surface area contributed by atoms with Crippen LogP contribution in [0.5, 0.6) is 0 Å². The summed E-state index contributed by atoms with van der Waals surface area (Å²) in [6, 6.07) is 0. The zero-order chi connectivity index (χ0) is 6.95. The molecule has 0 amide bonds. The summed E-state index contributed by atoms with van der Waals surface area (Å²) in [4.78, 5) is 0. The fourth-order valence-corrected chi connectivity index (χ4v) is 1.43. The maximum Gasteiger partial charge on any atom is -0.147 e. The van der Waals surface area contributed by atoms with E-state index in [0.717, 1.165) is 0 Å². The second-order valence-corrected chi connectivity index (χ2v) is 3.57. The standard InChI is InChI=1S/C8H17Ge.3ClH/c1-2-3-4-5-6-7-8-9;;;/h2-8H2,1H3;3*1H. The Bertz CT molecular complexity index is 47.6. The molecule has 0 atom stereocenters. The molecular formula is C8H20Cl3Ge. The van der Waals surface area contributed by atoms with Gasteiger partial charge >= 0.3 is 67.2 Å². The number of halogens is 3. The largest absolute Gasteiger partial charge is 0.147 e. The van der Waals surface area contributed by atoms with Gasteiger partial charge in [0.1, 0.15) is 0 Å². The van der Waals surface area contributed by atoms with E-state index in [1.165, 1.54) is 43.8 Å². The smallest absolute Gasteiger partial charge is 0.147 e. The molecule has 0 saturated heterocycles. The third-order valence-corrected chi connectivity index (χ3v) is 2.27. The van der Waals surface area contributed by atoms with Crippen molar-refractivity contribution in [2.45, 2.75) is 50.7 Å². The maximum atomic E-state index is 2.26. The van der Waals surface area contributed by atoms with Crippen molar-refractivity contribution in [3.8, 4) is 0 Å². The number of unbranched alkanes of at least 4 members (excludes halogenated alkanes) is 5. The van der Waals surface area contributed by atoms with Crippen LogP contribution >= 0.6 is 37.2 Å². The van der Waals surface area contributed by atoms with Crippen LogP contribution in [0.15, 0.2) is 0 Å². The summed E-state index contributed by atoms with van der Waals surface area (Å²) < 4.78 is 0. The first-order chi connectivity index (χ1) is 4.41. The number of hydrogen-bond acceptors (Lipinski definition) is 0. The Balaban J connectivity index is -0.000000107. The molecule has 0 aromatic heterocycles. The van der Waals surface area contributed by atoms with Crippen molar-refractivity contribution < 1.29 is 0 Å². The molecule has 0 rings (SSSR count).